The zero-order chi connectivity index (χ0) is 12.3. The molecule has 4 nitrogen and oxygen atoms in total. The third-order valence-corrected chi connectivity index (χ3v) is 3.43. The van der Waals surface area contributed by atoms with Gasteiger partial charge in [0, 0.05) is 23.5 Å². The molecule has 1 aliphatic rings. The van der Waals surface area contributed by atoms with Gasteiger partial charge >= 0.3 is 0 Å². The maximum absolute atomic E-state index is 6.36. The molecule has 0 radical (unpaired) electrons. The van der Waals surface area contributed by atoms with Crippen molar-refractivity contribution in [2.45, 2.75) is 51.5 Å². The predicted octanol–water partition coefficient (Wildman–Crippen LogP) is 2.17. The molecule has 0 aromatic carbocycles. The molecular formula is C13H22N4. The van der Waals surface area contributed by atoms with Crippen LogP contribution in [0, 0.1) is 13.8 Å². The van der Waals surface area contributed by atoms with E-state index in [9.17, 15) is 0 Å². The molecule has 0 saturated heterocycles. The number of hydrogen-bond donors (Lipinski definition) is 2. The molecule has 1 fully saturated rings. The van der Waals surface area contributed by atoms with Gasteiger partial charge in [-0.15, -0.1) is 0 Å². The second-order valence-electron chi connectivity index (χ2n) is 5.25. The Morgan fingerprint density at radius 3 is 2.35 bits per heavy atom. The smallest absolute Gasteiger partial charge is 0.223 e. The number of nitrogens with one attached hydrogen (secondary N) is 1. The summed E-state index contributed by atoms with van der Waals surface area (Å²) in [6, 6.07) is 1.98. The molecule has 4 heteroatoms. The molecule has 1 aromatic rings. The minimum absolute atomic E-state index is 0.0702. The third-order valence-electron chi connectivity index (χ3n) is 3.43. The van der Waals surface area contributed by atoms with Crippen LogP contribution >= 0.6 is 0 Å². The number of hydrogen-bond acceptors (Lipinski definition) is 4. The van der Waals surface area contributed by atoms with Crippen molar-refractivity contribution in [1.82, 2.24) is 9.97 Å². The summed E-state index contributed by atoms with van der Waals surface area (Å²) in [5.74, 6) is 0.706. The average Bonchev–Trinajstić information content (AvgIpc) is 2.26. The number of aryl methyl sites for hydroxylation is 2. The Bertz CT molecular complexity index is 363. The lowest BCUT2D eigenvalue weighted by Gasteiger charge is -2.33. The van der Waals surface area contributed by atoms with Crippen LogP contribution in [0.25, 0.3) is 0 Å². The quantitative estimate of drug-likeness (QED) is 0.841. The Hall–Kier alpha value is -1.16. The van der Waals surface area contributed by atoms with E-state index >= 15 is 0 Å². The molecule has 0 amide bonds. The molecule has 2 rings (SSSR count). The van der Waals surface area contributed by atoms with Gasteiger partial charge in [-0.05, 0) is 32.8 Å². The first-order valence-electron chi connectivity index (χ1n) is 6.42. The van der Waals surface area contributed by atoms with Crippen LogP contribution in [0.2, 0.25) is 0 Å². The van der Waals surface area contributed by atoms with Gasteiger partial charge in [-0.3, -0.25) is 0 Å². The van der Waals surface area contributed by atoms with Crippen LogP contribution in [0.4, 0.5) is 5.95 Å². The molecule has 0 aliphatic heterocycles. The van der Waals surface area contributed by atoms with Crippen LogP contribution in [0.1, 0.15) is 43.5 Å². The van der Waals surface area contributed by atoms with Gasteiger partial charge in [-0.1, -0.05) is 19.3 Å². The SMILES string of the molecule is Cc1cc(C)nc(NCC2(N)CCCCC2)n1. The van der Waals surface area contributed by atoms with Crippen molar-refractivity contribution in [2.24, 2.45) is 5.73 Å². The summed E-state index contributed by atoms with van der Waals surface area (Å²) < 4.78 is 0. The van der Waals surface area contributed by atoms with E-state index in [4.69, 9.17) is 5.73 Å². The number of aromatic nitrogens is 2. The predicted molar refractivity (Wildman–Crippen MR) is 70.0 cm³/mol. The lowest BCUT2D eigenvalue weighted by atomic mass is 9.82. The second-order valence-corrected chi connectivity index (χ2v) is 5.25. The van der Waals surface area contributed by atoms with Gasteiger partial charge in [-0.25, -0.2) is 9.97 Å². The summed E-state index contributed by atoms with van der Waals surface area (Å²) in [6.45, 7) is 4.74. The summed E-state index contributed by atoms with van der Waals surface area (Å²) in [5.41, 5.74) is 8.28. The Labute approximate surface area is 103 Å². The molecular weight excluding hydrogens is 212 g/mol. The van der Waals surface area contributed by atoms with E-state index in [-0.39, 0.29) is 5.54 Å². The number of nitrogens with zero attached hydrogens (tertiary/aromatic N) is 2. The molecule has 17 heavy (non-hydrogen) atoms. The van der Waals surface area contributed by atoms with E-state index in [1.54, 1.807) is 0 Å². The van der Waals surface area contributed by atoms with Crippen LogP contribution in [0.15, 0.2) is 6.07 Å². The Balaban J connectivity index is 1.96. The molecule has 1 aliphatic carbocycles. The summed E-state index contributed by atoms with van der Waals surface area (Å²) in [6.07, 6.45) is 6.01. The molecule has 1 saturated carbocycles. The van der Waals surface area contributed by atoms with Gasteiger partial charge in [0.25, 0.3) is 0 Å². The summed E-state index contributed by atoms with van der Waals surface area (Å²) in [7, 11) is 0. The molecule has 1 aromatic heterocycles. The van der Waals surface area contributed by atoms with Gasteiger partial charge in [-0.2, -0.15) is 0 Å². The van der Waals surface area contributed by atoms with Crippen LogP contribution in [0.3, 0.4) is 0 Å². The lowest BCUT2D eigenvalue weighted by molar-refractivity contribution is 0.310. The first-order chi connectivity index (χ1) is 8.07. The molecule has 1 heterocycles. The van der Waals surface area contributed by atoms with Crippen molar-refractivity contribution in [2.75, 3.05) is 11.9 Å². The molecule has 3 N–H and O–H groups in total. The van der Waals surface area contributed by atoms with Crippen LogP contribution in [0.5, 0.6) is 0 Å². The monoisotopic (exact) mass is 234 g/mol. The van der Waals surface area contributed by atoms with Crippen molar-refractivity contribution >= 4 is 5.95 Å². The Morgan fingerprint density at radius 2 is 1.76 bits per heavy atom. The minimum atomic E-state index is -0.0702. The zero-order valence-corrected chi connectivity index (χ0v) is 10.8. The first-order valence-corrected chi connectivity index (χ1v) is 6.42. The third kappa shape index (κ3) is 3.40. The number of rotatable bonds is 3. The van der Waals surface area contributed by atoms with E-state index < -0.39 is 0 Å². The molecule has 0 bridgehead atoms. The molecule has 94 valence electrons. The van der Waals surface area contributed by atoms with Crippen molar-refractivity contribution in [1.29, 1.82) is 0 Å². The standard InChI is InChI=1S/C13H22N4/c1-10-8-11(2)17-12(16-10)15-9-13(14)6-4-3-5-7-13/h8H,3-7,9,14H2,1-2H3,(H,15,16,17). The Morgan fingerprint density at radius 1 is 1.18 bits per heavy atom. The normalized spacial score (nSPS) is 19.0. The Kier molecular flexibility index (Phi) is 3.62. The fourth-order valence-electron chi connectivity index (χ4n) is 2.49. The highest BCUT2D eigenvalue weighted by molar-refractivity contribution is 5.28. The minimum Gasteiger partial charge on any atom is -0.352 e. The second kappa shape index (κ2) is 5.00. The van der Waals surface area contributed by atoms with E-state index in [0.29, 0.717) is 5.95 Å². The lowest BCUT2D eigenvalue weighted by Crippen LogP contribution is -2.47. The largest absolute Gasteiger partial charge is 0.352 e. The molecule has 0 spiro atoms. The highest BCUT2D eigenvalue weighted by atomic mass is 15.1. The van der Waals surface area contributed by atoms with E-state index in [1.165, 1.54) is 19.3 Å². The molecule has 0 unspecified atom stereocenters. The summed E-state index contributed by atoms with van der Waals surface area (Å²) >= 11 is 0. The van der Waals surface area contributed by atoms with Gasteiger partial charge < -0.3 is 11.1 Å². The average molecular weight is 234 g/mol. The maximum atomic E-state index is 6.36. The van der Waals surface area contributed by atoms with Crippen molar-refractivity contribution < 1.29 is 0 Å². The van der Waals surface area contributed by atoms with Crippen molar-refractivity contribution in [3.8, 4) is 0 Å². The number of anilines is 1. The van der Waals surface area contributed by atoms with Gasteiger partial charge in [0.15, 0.2) is 0 Å². The zero-order valence-electron chi connectivity index (χ0n) is 10.8. The van der Waals surface area contributed by atoms with E-state index in [1.807, 2.05) is 19.9 Å². The van der Waals surface area contributed by atoms with E-state index in [2.05, 4.69) is 15.3 Å². The highest BCUT2D eigenvalue weighted by Crippen LogP contribution is 2.25. The number of nitrogens with two attached hydrogens (primary N) is 1. The van der Waals surface area contributed by atoms with Crippen LogP contribution < -0.4 is 11.1 Å². The molecule has 0 atom stereocenters. The fourth-order valence-corrected chi connectivity index (χ4v) is 2.49. The van der Waals surface area contributed by atoms with Crippen molar-refractivity contribution in [3.05, 3.63) is 17.5 Å². The summed E-state index contributed by atoms with van der Waals surface area (Å²) in [5, 5.41) is 3.29. The van der Waals surface area contributed by atoms with Crippen LogP contribution in [-0.2, 0) is 0 Å². The van der Waals surface area contributed by atoms with Gasteiger partial charge in [0.2, 0.25) is 5.95 Å². The van der Waals surface area contributed by atoms with Gasteiger partial charge in [0.1, 0.15) is 0 Å². The topological polar surface area (TPSA) is 63.8 Å². The summed E-state index contributed by atoms with van der Waals surface area (Å²) in [4.78, 5) is 8.74. The maximum Gasteiger partial charge on any atom is 0.223 e. The fraction of sp³-hybridized carbons (Fsp3) is 0.692. The highest BCUT2D eigenvalue weighted by Gasteiger charge is 2.27. The van der Waals surface area contributed by atoms with Gasteiger partial charge in [0.05, 0.1) is 0 Å². The first kappa shape index (κ1) is 12.3. The van der Waals surface area contributed by atoms with E-state index in [0.717, 1.165) is 30.8 Å². The van der Waals surface area contributed by atoms with Crippen molar-refractivity contribution in [3.63, 3.8) is 0 Å². The van der Waals surface area contributed by atoms with Crippen LogP contribution in [-0.4, -0.2) is 22.1 Å².